The molecule has 0 spiro atoms. The summed E-state index contributed by atoms with van der Waals surface area (Å²) in [6.45, 7) is 0. The van der Waals surface area contributed by atoms with Gasteiger partial charge in [-0.05, 0) is 18.1 Å². The van der Waals surface area contributed by atoms with Crippen LogP contribution in [0.1, 0.15) is 5.69 Å². The lowest BCUT2D eigenvalue weighted by Crippen LogP contribution is -1.90. The van der Waals surface area contributed by atoms with Crippen molar-refractivity contribution in [3.63, 3.8) is 0 Å². The van der Waals surface area contributed by atoms with Crippen molar-refractivity contribution < 1.29 is 0 Å². The van der Waals surface area contributed by atoms with Crippen LogP contribution in [-0.4, -0.2) is 10.3 Å². The van der Waals surface area contributed by atoms with Gasteiger partial charge in [0.25, 0.3) is 0 Å². The molecule has 0 radical (unpaired) electrons. The molecule has 0 aliphatic rings. The zero-order valence-electron chi connectivity index (χ0n) is 6.14. The van der Waals surface area contributed by atoms with Crippen LogP contribution in [0.4, 0.5) is 5.69 Å². The Morgan fingerprint density at radius 3 is 2.92 bits per heavy atom. The maximum absolute atomic E-state index is 5.68. The number of hydrogen-bond acceptors (Lipinski definition) is 2. The second-order valence-corrected chi connectivity index (χ2v) is 2.93. The number of hydrogen-bond donors (Lipinski definition) is 1. The molecule has 0 aromatic carbocycles. The summed E-state index contributed by atoms with van der Waals surface area (Å²) in [6.07, 6.45) is 0. The molecule has 0 atom stereocenters. The molecule has 2 N–H and O–H groups in total. The highest BCUT2D eigenvalue weighted by Crippen LogP contribution is 2.14. The molecule has 0 saturated heterocycles. The van der Waals surface area contributed by atoms with E-state index in [4.69, 9.17) is 17.3 Å². The molecule has 0 amide bonds. The molecule has 0 fully saturated rings. The van der Waals surface area contributed by atoms with Gasteiger partial charge in [-0.15, -0.1) is 0 Å². The van der Waals surface area contributed by atoms with Crippen molar-refractivity contribution in [2.24, 2.45) is 0 Å². The zero-order valence-corrected chi connectivity index (χ0v) is 8.48. The Bertz CT molecular complexity index is 341. The molecule has 1 aromatic rings. The van der Waals surface area contributed by atoms with E-state index in [0.29, 0.717) is 21.9 Å². The number of rotatable bonds is 0. The lowest BCUT2D eigenvalue weighted by molar-refractivity contribution is 1.29. The standard InChI is InChI=1S/C8H6BrClN2/c9-5-1-2-6-3-4-7(11)8(10)12-6/h3-4H,5,11H2. The minimum atomic E-state index is 0.302. The second kappa shape index (κ2) is 4.34. The first kappa shape index (κ1) is 9.37. The van der Waals surface area contributed by atoms with Crippen molar-refractivity contribution in [1.29, 1.82) is 0 Å². The fourth-order valence-corrected chi connectivity index (χ4v) is 0.933. The fraction of sp³-hybridized carbons (Fsp3) is 0.125. The monoisotopic (exact) mass is 244 g/mol. The van der Waals surface area contributed by atoms with Gasteiger partial charge in [0.15, 0.2) is 5.15 Å². The average molecular weight is 246 g/mol. The summed E-state index contributed by atoms with van der Waals surface area (Å²) in [4.78, 5) is 3.96. The Morgan fingerprint density at radius 1 is 1.58 bits per heavy atom. The Morgan fingerprint density at radius 2 is 2.33 bits per heavy atom. The van der Waals surface area contributed by atoms with Gasteiger partial charge in [-0.25, -0.2) is 4.98 Å². The number of pyridine rings is 1. The smallest absolute Gasteiger partial charge is 0.153 e. The van der Waals surface area contributed by atoms with E-state index in [1.54, 1.807) is 12.1 Å². The molecule has 12 heavy (non-hydrogen) atoms. The van der Waals surface area contributed by atoms with Crippen molar-refractivity contribution in [3.05, 3.63) is 23.0 Å². The maximum Gasteiger partial charge on any atom is 0.153 e. The van der Waals surface area contributed by atoms with Crippen LogP contribution < -0.4 is 5.73 Å². The first-order valence-corrected chi connectivity index (χ1v) is 4.71. The van der Waals surface area contributed by atoms with Crippen LogP contribution in [0, 0.1) is 11.8 Å². The summed E-state index contributed by atoms with van der Waals surface area (Å²) >= 11 is 8.86. The summed E-state index contributed by atoms with van der Waals surface area (Å²) in [6, 6.07) is 3.42. The zero-order chi connectivity index (χ0) is 8.97. The van der Waals surface area contributed by atoms with E-state index in [1.807, 2.05) is 0 Å². The van der Waals surface area contributed by atoms with Crippen molar-refractivity contribution >= 4 is 33.2 Å². The van der Waals surface area contributed by atoms with Crippen LogP contribution >= 0.6 is 27.5 Å². The SMILES string of the molecule is Nc1ccc(C#CCBr)nc1Cl. The largest absolute Gasteiger partial charge is 0.396 e. The summed E-state index contributed by atoms with van der Waals surface area (Å²) in [7, 11) is 0. The van der Waals surface area contributed by atoms with E-state index in [-0.39, 0.29) is 0 Å². The Kier molecular flexibility index (Phi) is 3.39. The average Bonchev–Trinajstić information content (AvgIpc) is 2.07. The van der Waals surface area contributed by atoms with Gasteiger partial charge in [0.05, 0.1) is 11.0 Å². The van der Waals surface area contributed by atoms with Crippen molar-refractivity contribution in [2.75, 3.05) is 11.1 Å². The highest BCUT2D eigenvalue weighted by molar-refractivity contribution is 9.09. The molecule has 2 nitrogen and oxygen atoms in total. The van der Waals surface area contributed by atoms with E-state index >= 15 is 0 Å². The summed E-state index contributed by atoms with van der Waals surface area (Å²) < 4.78 is 0. The number of halogens is 2. The van der Waals surface area contributed by atoms with Crippen LogP contribution in [-0.2, 0) is 0 Å². The van der Waals surface area contributed by atoms with Gasteiger partial charge >= 0.3 is 0 Å². The molecular weight excluding hydrogens is 239 g/mol. The van der Waals surface area contributed by atoms with Crippen LogP contribution in [0.15, 0.2) is 12.1 Å². The molecular formula is C8H6BrClN2. The summed E-state index contributed by atoms with van der Waals surface area (Å²) in [5.74, 6) is 5.63. The van der Waals surface area contributed by atoms with Crippen molar-refractivity contribution in [1.82, 2.24) is 4.98 Å². The van der Waals surface area contributed by atoms with Gasteiger partial charge in [-0.3, -0.25) is 0 Å². The normalized spacial score (nSPS) is 8.83. The number of anilines is 1. The maximum atomic E-state index is 5.68. The van der Waals surface area contributed by atoms with Gasteiger partial charge in [0, 0.05) is 0 Å². The van der Waals surface area contributed by atoms with Gasteiger partial charge in [-0.2, -0.15) is 0 Å². The quantitative estimate of drug-likeness (QED) is 0.432. The third-order valence-electron chi connectivity index (χ3n) is 1.16. The van der Waals surface area contributed by atoms with Crippen LogP contribution in [0.3, 0.4) is 0 Å². The summed E-state index contributed by atoms with van der Waals surface area (Å²) in [5, 5.41) is 0.924. The van der Waals surface area contributed by atoms with E-state index in [1.165, 1.54) is 0 Å². The van der Waals surface area contributed by atoms with Crippen LogP contribution in [0.25, 0.3) is 0 Å². The van der Waals surface area contributed by atoms with E-state index in [0.717, 1.165) is 0 Å². The Labute approximate surface area is 84.3 Å². The van der Waals surface area contributed by atoms with E-state index in [2.05, 4.69) is 32.8 Å². The molecule has 1 rings (SSSR count). The topological polar surface area (TPSA) is 38.9 Å². The van der Waals surface area contributed by atoms with Gasteiger partial charge in [0.1, 0.15) is 5.69 Å². The van der Waals surface area contributed by atoms with Gasteiger partial charge in [-0.1, -0.05) is 33.5 Å². The molecule has 0 bridgehead atoms. The van der Waals surface area contributed by atoms with Crippen LogP contribution in [0.2, 0.25) is 5.15 Å². The minimum absolute atomic E-state index is 0.302. The first-order chi connectivity index (χ1) is 5.74. The fourth-order valence-electron chi connectivity index (χ4n) is 0.639. The highest BCUT2D eigenvalue weighted by atomic mass is 79.9. The second-order valence-electron chi connectivity index (χ2n) is 2.01. The Hall–Kier alpha value is -0.720. The minimum Gasteiger partial charge on any atom is -0.396 e. The van der Waals surface area contributed by atoms with E-state index < -0.39 is 0 Å². The van der Waals surface area contributed by atoms with Crippen LogP contribution in [0.5, 0.6) is 0 Å². The molecule has 4 heteroatoms. The third-order valence-corrected chi connectivity index (χ3v) is 1.74. The Balaban J connectivity index is 2.97. The first-order valence-electron chi connectivity index (χ1n) is 3.21. The van der Waals surface area contributed by atoms with Crippen molar-refractivity contribution in [2.45, 2.75) is 0 Å². The molecule has 1 heterocycles. The number of nitrogens with zero attached hydrogens (tertiary/aromatic N) is 1. The highest BCUT2D eigenvalue weighted by Gasteiger charge is 1.96. The lowest BCUT2D eigenvalue weighted by atomic mass is 10.3. The number of nitrogen functional groups attached to an aromatic ring is 1. The predicted molar refractivity (Wildman–Crippen MR) is 54.3 cm³/mol. The van der Waals surface area contributed by atoms with Crippen molar-refractivity contribution in [3.8, 4) is 11.8 Å². The predicted octanol–water partition coefficient (Wildman–Crippen LogP) is 2.06. The summed E-state index contributed by atoms with van der Waals surface area (Å²) in [5.41, 5.74) is 6.57. The molecule has 0 aliphatic carbocycles. The van der Waals surface area contributed by atoms with Gasteiger partial charge < -0.3 is 5.73 Å². The number of alkyl halides is 1. The molecule has 0 unspecified atom stereocenters. The number of nitrogens with two attached hydrogens (primary N) is 1. The van der Waals surface area contributed by atoms with E-state index in [9.17, 15) is 0 Å². The lowest BCUT2D eigenvalue weighted by Gasteiger charge is -1.95. The molecule has 62 valence electrons. The third kappa shape index (κ3) is 2.40. The number of aromatic nitrogens is 1. The molecule has 0 saturated carbocycles. The molecule has 1 aromatic heterocycles. The molecule has 0 aliphatic heterocycles. The van der Waals surface area contributed by atoms with Gasteiger partial charge in [0.2, 0.25) is 0 Å².